The number of phenols is 2. The molecule has 34 heavy (non-hydrogen) atoms. The zero-order valence-corrected chi connectivity index (χ0v) is 20.1. The van der Waals surface area contributed by atoms with Crippen molar-refractivity contribution < 1.29 is 19.7 Å². The molecule has 1 aliphatic heterocycles. The standard InChI is InChI=1S/C24H18BrClN4O4/c1-34-18-8-13(7-16(25)23(18)32)22-19-20(15-9-14(26)4-5-17(15)31)28-29-21(19)24(33)30(22)11-12-3-2-6-27-10-12/h2-10,22,31-32H,11H2,1H3,(H,28,29). The van der Waals surface area contributed by atoms with Gasteiger partial charge in [0, 0.05) is 35.1 Å². The van der Waals surface area contributed by atoms with Gasteiger partial charge in [-0.15, -0.1) is 0 Å². The van der Waals surface area contributed by atoms with Crippen molar-refractivity contribution in [3.05, 3.63) is 86.7 Å². The number of nitrogens with zero attached hydrogens (tertiary/aromatic N) is 3. The van der Waals surface area contributed by atoms with Crippen molar-refractivity contribution in [2.45, 2.75) is 12.6 Å². The van der Waals surface area contributed by atoms with Crippen LogP contribution in [-0.2, 0) is 6.54 Å². The first-order valence-electron chi connectivity index (χ1n) is 10.2. The van der Waals surface area contributed by atoms with Gasteiger partial charge in [0.25, 0.3) is 5.91 Å². The monoisotopic (exact) mass is 540 g/mol. The summed E-state index contributed by atoms with van der Waals surface area (Å²) in [6.07, 6.45) is 3.37. The Labute approximate surface area is 207 Å². The van der Waals surface area contributed by atoms with Gasteiger partial charge in [0.05, 0.1) is 17.6 Å². The third-order valence-corrected chi connectivity index (χ3v) is 6.58. The molecule has 10 heteroatoms. The second kappa shape index (κ2) is 8.66. The number of pyridine rings is 1. The van der Waals surface area contributed by atoms with Gasteiger partial charge < -0.3 is 19.8 Å². The number of fused-ring (bicyclic) bond motifs is 1. The SMILES string of the molecule is COc1cc(C2c3c(-c4cc(Cl)ccc4O)n[nH]c3C(=O)N2Cc2cccnc2)cc(Br)c1O. The summed E-state index contributed by atoms with van der Waals surface area (Å²) in [7, 11) is 1.46. The van der Waals surface area contributed by atoms with Crippen LogP contribution in [0.2, 0.25) is 5.02 Å². The van der Waals surface area contributed by atoms with Gasteiger partial charge in [0.1, 0.15) is 17.1 Å². The van der Waals surface area contributed by atoms with Crippen molar-refractivity contribution in [3.63, 3.8) is 0 Å². The molecule has 3 heterocycles. The highest BCUT2D eigenvalue weighted by molar-refractivity contribution is 9.10. The Kier molecular flexibility index (Phi) is 5.66. The van der Waals surface area contributed by atoms with Crippen molar-refractivity contribution in [1.82, 2.24) is 20.1 Å². The van der Waals surface area contributed by atoms with Crippen LogP contribution in [0.4, 0.5) is 0 Å². The van der Waals surface area contributed by atoms with Gasteiger partial charge in [0.15, 0.2) is 11.5 Å². The summed E-state index contributed by atoms with van der Waals surface area (Å²) in [5.74, 6) is -0.0656. The molecule has 0 saturated heterocycles. The maximum atomic E-state index is 13.5. The zero-order chi connectivity index (χ0) is 24.0. The highest BCUT2D eigenvalue weighted by atomic mass is 79.9. The fourth-order valence-corrected chi connectivity index (χ4v) is 4.84. The molecule has 2 aromatic carbocycles. The molecule has 0 spiro atoms. The molecule has 5 rings (SSSR count). The number of carbonyl (C=O) groups is 1. The van der Waals surface area contributed by atoms with Gasteiger partial charge >= 0.3 is 0 Å². The summed E-state index contributed by atoms with van der Waals surface area (Å²) in [5, 5.41) is 28.5. The van der Waals surface area contributed by atoms with Gasteiger partial charge in [0.2, 0.25) is 0 Å². The largest absolute Gasteiger partial charge is 0.507 e. The van der Waals surface area contributed by atoms with E-state index in [4.69, 9.17) is 16.3 Å². The third-order valence-electron chi connectivity index (χ3n) is 5.74. The van der Waals surface area contributed by atoms with Crippen molar-refractivity contribution >= 4 is 33.4 Å². The third kappa shape index (κ3) is 3.66. The second-order valence-electron chi connectivity index (χ2n) is 7.77. The fraction of sp³-hybridized carbons (Fsp3) is 0.125. The van der Waals surface area contributed by atoms with Crippen LogP contribution in [-0.4, -0.2) is 43.3 Å². The van der Waals surface area contributed by atoms with Crippen LogP contribution in [0.15, 0.2) is 59.3 Å². The molecule has 1 atom stereocenters. The van der Waals surface area contributed by atoms with E-state index in [1.807, 2.05) is 6.07 Å². The number of hydrogen-bond donors (Lipinski definition) is 3. The van der Waals surface area contributed by atoms with Crippen LogP contribution in [0.25, 0.3) is 11.3 Å². The quantitative estimate of drug-likeness (QED) is 0.326. The van der Waals surface area contributed by atoms with E-state index in [-0.39, 0.29) is 29.7 Å². The van der Waals surface area contributed by atoms with E-state index in [2.05, 4.69) is 31.1 Å². The lowest BCUT2D eigenvalue weighted by atomic mass is 9.95. The van der Waals surface area contributed by atoms with Crippen LogP contribution < -0.4 is 4.74 Å². The minimum atomic E-state index is -0.597. The Morgan fingerprint density at radius 2 is 2.06 bits per heavy atom. The summed E-state index contributed by atoms with van der Waals surface area (Å²) >= 11 is 9.57. The number of aromatic amines is 1. The van der Waals surface area contributed by atoms with E-state index < -0.39 is 6.04 Å². The molecule has 2 aromatic heterocycles. The number of hydrogen-bond acceptors (Lipinski definition) is 6. The van der Waals surface area contributed by atoms with E-state index in [9.17, 15) is 15.0 Å². The summed E-state index contributed by atoms with van der Waals surface area (Å²) in [6.45, 7) is 0.279. The Morgan fingerprint density at radius 3 is 2.79 bits per heavy atom. The van der Waals surface area contributed by atoms with Crippen LogP contribution in [0.1, 0.15) is 33.2 Å². The van der Waals surface area contributed by atoms with Gasteiger partial charge in [-0.3, -0.25) is 14.9 Å². The van der Waals surface area contributed by atoms with E-state index >= 15 is 0 Å². The maximum Gasteiger partial charge on any atom is 0.273 e. The smallest absolute Gasteiger partial charge is 0.273 e. The number of carbonyl (C=O) groups excluding carboxylic acids is 1. The van der Waals surface area contributed by atoms with Crippen molar-refractivity contribution in [2.24, 2.45) is 0 Å². The molecule has 1 unspecified atom stereocenters. The first-order valence-corrected chi connectivity index (χ1v) is 11.4. The summed E-state index contributed by atoms with van der Waals surface area (Å²) in [5.41, 5.74) is 3.23. The molecule has 0 fully saturated rings. The molecule has 0 bridgehead atoms. The Morgan fingerprint density at radius 1 is 1.24 bits per heavy atom. The zero-order valence-electron chi connectivity index (χ0n) is 17.8. The normalized spacial score (nSPS) is 15.0. The number of H-pyrrole nitrogens is 1. The number of rotatable bonds is 5. The van der Waals surface area contributed by atoms with Gasteiger partial charge in [-0.05, 0) is 63.5 Å². The lowest BCUT2D eigenvalue weighted by Gasteiger charge is -2.27. The summed E-state index contributed by atoms with van der Waals surface area (Å²) in [4.78, 5) is 19.4. The molecule has 1 aliphatic rings. The topological polar surface area (TPSA) is 112 Å². The van der Waals surface area contributed by atoms with Crippen molar-refractivity contribution in [3.8, 4) is 28.5 Å². The first-order chi connectivity index (χ1) is 16.4. The Bertz CT molecular complexity index is 1410. The molecular weight excluding hydrogens is 524 g/mol. The average Bonchev–Trinajstić information content (AvgIpc) is 3.37. The molecule has 8 nitrogen and oxygen atoms in total. The van der Waals surface area contributed by atoms with Crippen LogP contribution in [0.3, 0.4) is 0 Å². The minimum absolute atomic E-state index is 0.0138. The maximum absolute atomic E-state index is 13.5. The van der Waals surface area contributed by atoms with E-state index in [0.717, 1.165) is 5.56 Å². The molecule has 172 valence electrons. The van der Waals surface area contributed by atoms with Gasteiger partial charge in [-0.2, -0.15) is 5.10 Å². The summed E-state index contributed by atoms with van der Waals surface area (Å²) < 4.78 is 5.77. The Hall–Kier alpha value is -3.56. The number of halogens is 2. The lowest BCUT2D eigenvalue weighted by molar-refractivity contribution is 0.0729. The molecule has 3 N–H and O–H groups in total. The highest BCUT2D eigenvalue weighted by Gasteiger charge is 2.43. The number of phenolic OH excluding ortho intramolecular Hbond substituents is 2. The van der Waals surface area contributed by atoms with E-state index in [1.165, 1.54) is 13.2 Å². The number of aromatic hydroxyl groups is 2. The Balaban J connectivity index is 1.72. The van der Waals surface area contributed by atoms with Crippen LogP contribution >= 0.6 is 27.5 Å². The molecule has 0 aliphatic carbocycles. The average molecular weight is 542 g/mol. The molecule has 1 amide bonds. The highest BCUT2D eigenvalue weighted by Crippen LogP contribution is 2.48. The molecule has 0 radical (unpaired) electrons. The van der Waals surface area contributed by atoms with Crippen LogP contribution in [0, 0.1) is 0 Å². The summed E-state index contributed by atoms with van der Waals surface area (Å²) in [6, 6.07) is 11.2. The lowest BCUT2D eigenvalue weighted by Crippen LogP contribution is -2.29. The van der Waals surface area contributed by atoms with E-state index in [0.29, 0.717) is 37.6 Å². The minimum Gasteiger partial charge on any atom is -0.507 e. The van der Waals surface area contributed by atoms with Gasteiger partial charge in [-0.25, -0.2) is 0 Å². The van der Waals surface area contributed by atoms with Crippen molar-refractivity contribution in [1.29, 1.82) is 0 Å². The second-order valence-corrected chi connectivity index (χ2v) is 9.06. The molecular formula is C24H18BrClN4O4. The van der Waals surface area contributed by atoms with Crippen molar-refractivity contribution in [2.75, 3.05) is 7.11 Å². The number of amides is 1. The number of aromatic nitrogens is 3. The van der Waals surface area contributed by atoms with Gasteiger partial charge in [-0.1, -0.05) is 17.7 Å². The van der Waals surface area contributed by atoms with E-state index in [1.54, 1.807) is 47.6 Å². The first kappa shape index (κ1) is 22.2. The predicted molar refractivity (Wildman–Crippen MR) is 129 cm³/mol. The number of nitrogens with one attached hydrogen (secondary N) is 1. The molecule has 0 saturated carbocycles. The number of benzene rings is 2. The molecule has 4 aromatic rings. The number of methoxy groups -OCH3 is 1. The number of ether oxygens (including phenoxy) is 1. The fourth-order valence-electron chi connectivity index (χ4n) is 4.21. The predicted octanol–water partition coefficient (Wildman–Crippen LogP) is 5.05. The van der Waals surface area contributed by atoms with Crippen LogP contribution in [0.5, 0.6) is 17.2 Å².